The van der Waals surface area contributed by atoms with Gasteiger partial charge in [-0.3, -0.25) is 14.4 Å². The summed E-state index contributed by atoms with van der Waals surface area (Å²) in [6.45, 7) is 5.75. The summed E-state index contributed by atoms with van der Waals surface area (Å²) >= 11 is 0. The minimum absolute atomic E-state index is 0.169. The number of hydrogen-bond acceptors (Lipinski definition) is 4. The van der Waals surface area contributed by atoms with Crippen LogP contribution in [0.2, 0.25) is 0 Å². The van der Waals surface area contributed by atoms with Crippen LogP contribution in [-0.2, 0) is 31.1 Å². The first kappa shape index (κ1) is 18.5. The first-order valence-electron chi connectivity index (χ1n) is 9.55. The number of amides is 1. The Labute approximate surface area is 162 Å². The Bertz CT molecular complexity index is 996. The second kappa shape index (κ2) is 6.09. The minimum atomic E-state index is -1.37. The molecular formula is C21H24N2O5. The quantitative estimate of drug-likeness (QED) is 0.789. The van der Waals surface area contributed by atoms with Crippen LogP contribution in [0.5, 0.6) is 0 Å². The van der Waals surface area contributed by atoms with Crippen molar-refractivity contribution in [3.05, 3.63) is 35.5 Å². The van der Waals surface area contributed by atoms with Gasteiger partial charge in [0.1, 0.15) is 5.92 Å². The number of fused-ring (bicyclic) bond motifs is 5. The van der Waals surface area contributed by atoms with Gasteiger partial charge < -0.3 is 19.7 Å². The second-order valence-corrected chi connectivity index (χ2v) is 8.05. The Morgan fingerprint density at radius 1 is 1.32 bits per heavy atom. The number of carbonyl (C=O) groups excluding carboxylic acids is 2. The van der Waals surface area contributed by atoms with Crippen LogP contribution in [0.1, 0.15) is 38.4 Å². The average molecular weight is 384 g/mol. The Morgan fingerprint density at radius 3 is 2.71 bits per heavy atom. The van der Waals surface area contributed by atoms with E-state index in [-0.39, 0.29) is 12.5 Å². The van der Waals surface area contributed by atoms with Crippen LogP contribution in [0.15, 0.2) is 24.3 Å². The molecule has 1 aromatic carbocycles. The van der Waals surface area contributed by atoms with Crippen molar-refractivity contribution in [3.63, 3.8) is 0 Å². The van der Waals surface area contributed by atoms with Gasteiger partial charge in [-0.15, -0.1) is 0 Å². The standard InChI is InChI=1S/C21H24N2O5/c1-4-28-18(26)16-20(2,11-15(24)25)19(27)23-10-9-13-12-7-5-6-8-14(12)22-17(13)21(16,23)3/h5-8,16,22H,4,9-11H2,1-3H3,(H,24,25)/t16-,20-,21-/m0/s1. The molecule has 3 atom stereocenters. The topological polar surface area (TPSA) is 99.7 Å². The molecule has 148 valence electrons. The largest absolute Gasteiger partial charge is 0.481 e. The number of ether oxygens (including phenoxy) is 1. The number of H-pyrrole nitrogens is 1. The van der Waals surface area contributed by atoms with Crippen LogP contribution >= 0.6 is 0 Å². The van der Waals surface area contributed by atoms with E-state index < -0.39 is 35.2 Å². The van der Waals surface area contributed by atoms with Crippen molar-refractivity contribution in [1.29, 1.82) is 0 Å². The van der Waals surface area contributed by atoms with Crippen molar-refractivity contribution < 1.29 is 24.2 Å². The zero-order chi connectivity index (χ0) is 20.3. The van der Waals surface area contributed by atoms with Gasteiger partial charge in [-0.05, 0) is 38.8 Å². The molecule has 3 heterocycles. The van der Waals surface area contributed by atoms with Crippen molar-refractivity contribution in [2.24, 2.45) is 11.3 Å². The van der Waals surface area contributed by atoms with Gasteiger partial charge in [-0.25, -0.2) is 0 Å². The fraction of sp³-hybridized carbons (Fsp3) is 0.476. The summed E-state index contributed by atoms with van der Waals surface area (Å²) in [6.07, 6.45) is 0.232. The number of aliphatic carboxylic acids is 1. The number of aromatic nitrogens is 1. The minimum Gasteiger partial charge on any atom is -0.481 e. The van der Waals surface area contributed by atoms with Gasteiger partial charge in [0, 0.05) is 23.1 Å². The lowest BCUT2D eigenvalue weighted by Crippen LogP contribution is -2.51. The number of carboxylic acid groups (broad SMARTS) is 1. The van der Waals surface area contributed by atoms with Gasteiger partial charge >= 0.3 is 11.9 Å². The number of hydrogen-bond donors (Lipinski definition) is 2. The van der Waals surface area contributed by atoms with Crippen LogP contribution in [-0.4, -0.2) is 46.0 Å². The molecule has 0 bridgehead atoms. The van der Waals surface area contributed by atoms with E-state index >= 15 is 0 Å². The second-order valence-electron chi connectivity index (χ2n) is 8.05. The molecule has 2 aromatic rings. The zero-order valence-electron chi connectivity index (χ0n) is 16.2. The molecule has 28 heavy (non-hydrogen) atoms. The Balaban J connectivity index is 1.97. The van der Waals surface area contributed by atoms with Gasteiger partial charge in [0.2, 0.25) is 5.91 Å². The number of carboxylic acids is 1. The molecule has 7 nitrogen and oxygen atoms in total. The molecule has 1 amide bonds. The van der Waals surface area contributed by atoms with Crippen molar-refractivity contribution in [1.82, 2.24) is 9.88 Å². The molecule has 4 rings (SSSR count). The van der Waals surface area contributed by atoms with Crippen LogP contribution in [0.25, 0.3) is 10.9 Å². The number of benzene rings is 1. The van der Waals surface area contributed by atoms with E-state index in [1.807, 2.05) is 31.2 Å². The normalized spacial score (nSPS) is 28.9. The van der Waals surface area contributed by atoms with Gasteiger partial charge in [0.25, 0.3) is 0 Å². The summed E-state index contributed by atoms with van der Waals surface area (Å²) in [5.74, 6) is -2.86. The summed E-state index contributed by atoms with van der Waals surface area (Å²) < 4.78 is 5.33. The number of esters is 1. The predicted molar refractivity (Wildman–Crippen MR) is 102 cm³/mol. The van der Waals surface area contributed by atoms with Gasteiger partial charge in [-0.2, -0.15) is 0 Å². The lowest BCUT2D eigenvalue weighted by molar-refractivity contribution is -0.158. The molecular weight excluding hydrogens is 360 g/mol. The predicted octanol–water partition coefficient (Wildman–Crippen LogP) is 2.44. The summed E-state index contributed by atoms with van der Waals surface area (Å²) in [7, 11) is 0. The number of nitrogens with one attached hydrogen (secondary N) is 1. The maximum Gasteiger partial charge on any atom is 0.312 e. The lowest BCUT2D eigenvalue weighted by Gasteiger charge is -2.42. The Hall–Kier alpha value is -2.83. The van der Waals surface area contributed by atoms with Crippen LogP contribution in [0.4, 0.5) is 0 Å². The Morgan fingerprint density at radius 2 is 2.04 bits per heavy atom. The fourth-order valence-corrected chi connectivity index (χ4v) is 5.35. The molecule has 2 aliphatic rings. The smallest absolute Gasteiger partial charge is 0.312 e. The Kier molecular flexibility index (Phi) is 4.03. The van der Waals surface area contributed by atoms with E-state index in [1.165, 1.54) is 0 Å². The third-order valence-corrected chi connectivity index (χ3v) is 6.44. The van der Waals surface area contributed by atoms with Crippen LogP contribution < -0.4 is 0 Å². The molecule has 0 saturated carbocycles. The molecule has 0 unspecified atom stereocenters. The molecule has 1 aromatic heterocycles. The molecule has 2 aliphatic heterocycles. The van der Waals surface area contributed by atoms with E-state index in [1.54, 1.807) is 18.7 Å². The highest BCUT2D eigenvalue weighted by Gasteiger charge is 2.68. The highest BCUT2D eigenvalue weighted by molar-refractivity contribution is 5.98. The molecule has 1 fully saturated rings. The number of nitrogens with zero attached hydrogens (tertiary/aromatic N) is 1. The van der Waals surface area contributed by atoms with Crippen LogP contribution in [0.3, 0.4) is 0 Å². The molecule has 7 heteroatoms. The third kappa shape index (κ3) is 2.25. The SMILES string of the molecule is CCOC(=O)[C@H]1[C@](C)(CC(=O)O)C(=O)N2CCc3c([nH]c4ccccc34)[C@]12C. The van der Waals surface area contributed by atoms with E-state index in [0.717, 1.165) is 22.2 Å². The summed E-state index contributed by atoms with van der Waals surface area (Å²) in [5, 5.41) is 10.6. The molecule has 0 aliphatic carbocycles. The average Bonchev–Trinajstić information content (AvgIpc) is 3.08. The molecule has 1 saturated heterocycles. The van der Waals surface area contributed by atoms with Crippen molar-refractivity contribution in [2.45, 2.75) is 39.2 Å². The maximum atomic E-state index is 13.4. The monoisotopic (exact) mass is 384 g/mol. The first-order chi connectivity index (χ1) is 13.2. The van der Waals surface area contributed by atoms with Gasteiger partial charge in [0.15, 0.2) is 0 Å². The third-order valence-electron chi connectivity index (χ3n) is 6.44. The zero-order valence-corrected chi connectivity index (χ0v) is 16.2. The van der Waals surface area contributed by atoms with Crippen molar-refractivity contribution >= 4 is 28.7 Å². The number of para-hydroxylation sites is 1. The highest BCUT2D eigenvalue weighted by atomic mass is 16.5. The van der Waals surface area contributed by atoms with Gasteiger partial charge in [-0.1, -0.05) is 18.2 Å². The molecule has 0 spiro atoms. The maximum absolute atomic E-state index is 13.4. The fourth-order valence-electron chi connectivity index (χ4n) is 5.35. The summed E-state index contributed by atoms with van der Waals surface area (Å²) in [4.78, 5) is 43.1. The van der Waals surface area contributed by atoms with Gasteiger partial charge in [0.05, 0.1) is 24.0 Å². The van der Waals surface area contributed by atoms with Crippen molar-refractivity contribution in [3.8, 4) is 0 Å². The van der Waals surface area contributed by atoms with Crippen LogP contribution in [0, 0.1) is 11.3 Å². The van der Waals surface area contributed by atoms with E-state index in [2.05, 4.69) is 4.98 Å². The molecule has 2 N–H and O–H groups in total. The van der Waals surface area contributed by atoms with E-state index in [0.29, 0.717) is 13.0 Å². The number of rotatable bonds is 4. The van der Waals surface area contributed by atoms with E-state index in [4.69, 9.17) is 4.74 Å². The molecule has 0 radical (unpaired) electrons. The summed E-state index contributed by atoms with van der Waals surface area (Å²) in [5.41, 5.74) is 0.472. The number of carbonyl (C=O) groups is 3. The summed E-state index contributed by atoms with van der Waals surface area (Å²) in [6, 6.07) is 7.88. The van der Waals surface area contributed by atoms with E-state index in [9.17, 15) is 19.5 Å². The highest BCUT2D eigenvalue weighted by Crippen LogP contribution is 2.57. The first-order valence-corrected chi connectivity index (χ1v) is 9.55. The number of aromatic amines is 1. The van der Waals surface area contributed by atoms with Crippen molar-refractivity contribution in [2.75, 3.05) is 13.2 Å². The lowest BCUT2D eigenvalue weighted by atomic mass is 9.67.